The number of benzene rings is 1. The number of hydrogen-bond donors (Lipinski definition) is 1. The summed E-state index contributed by atoms with van der Waals surface area (Å²) in [6, 6.07) is 5.06. The molecule has 1 heterocycles. The monoisotopic (exact) mass is 385 g/mol. The predicted molar refractivity (Wildman–Crippen MR) is 101 cm³/mol. The zero-order valence-electron chi connectivity index (χ0n) is 16.2. The Morgan fingerprint density at radius 3 is 2.81 bits per heavy atom. The Morgan fingerprint density at radius 2 is 2.15 bits per heavy atom. The van der Waals surface area contributed by atoms with E-state index in [0.29, 0.717) is 18.9 Å². The van der Waals surface area contributed by atoms with E-state index in [2.05, 4.69) is 19.9 Å². The highest BCUT2D eigenvalue weighted by Crippen LogP contribution is 2.29. The van der Waals surface area contributed by atoms with Crippen molar-refractivity contribution in [1.82, 2.24) is 10.2 Å². The molecule has 1 unspecified atom stereocenters. The number of likely N-dealkylation sites (tertiary alicyclic amines) is 1. The third-order valence-corrected chi connectivity index (χ3v) is 4.43. The second-order valence-corrected chi connectivity index (χ2v) is 6.41. The third-order valence-electron chi connectivity index (χ3n) is 4.43. The van der Waals surface area contributed by atoms with E-state index in [4.69, 9.17) is 9.47 Å². The van der Waals surface area contributed by atoms with Gasteiger partial charge in [0.2, 0.25) is 0 Å². The highest BCUT2D eigenvalue weighted by molar-refractivity contribution is 5.80. The lowest BCUT2D eigenvalue weighted by atomic mass is 10.1. The Balaban J connectivity index is 1.98. The quantitative estimate of drug-likeness (QED) is 0.523. The second-order valence-electron chi connectivity index (χ2n) is 6.41. The van der Waals surface area contributed by atoms with Gasteiger partial charge in [-0.15, -0.1) is 0 Å². The van der Waals surface area contributed by atoms with Crippen molar-refractivity contribution >= 4 is 5.96 Å². The Bertz CT molecular complexity index is 614. The minimum Gasteiger partial charge on any atom is -0.493 e. The lowest BCUT2D eigenvalue weighted by molar-refractivity contribution is -0.0512. The molecule has 0 aliphatic carbocycles. The van der Waals surface area contributed by atoms with Crippen LogP contribution >= 0.6 is 0 Å². The number of alkyl halides is 2. The molecule has 1 N–H and O–H groups in total. The van der Waals surface area contributed by atoms with E-state index in [9.17, 15) is 8.78 Å². The van der Waals surface area contributed by atoms with Gasteiger partial charge in [0.1, 0.15) is 0 Å². The molecule has 0 spiro atoms. The zero-order valence-corrected chi connectivity index (χ0v) is 16.2. The van der Waals surface area contributed by atoms with Gasteiger partial charge < -0.3 is 24.4 Å². The Labute approximate surface area is 159 Å². The number of nitrogens with zero attached hydrogens (tertiary/aromatic N) is 2. The van der Waals surface area contributed by atoms with Crippen LogP contribution in [0.15, 0.2) is 23.2 Å². The summed E-state index contributed by atoms with van der Waals surface area (Å²) >= 11 is 0. The molecule has 1 atom stereocenters. The van der Waals surface area contributed by atoms with Gasteiger partial charge >= 0.3 is 6.61 Å². The number of ether oxygens (including phenoxy) is 3. The fourth-order valence-electron chi connectivity index (χ4n) is 3.18. The number of methoxy groups -OCH3 is 2. The first-order chi connectivity index (χ1) is 13.1. The van der Waals surface area contributed by atoms with Gasteiger partial charge in [-0.1, -0.05) is 6.07 Å². The lowest BCUT2D eigenvalue weighted by Gasteiger charge is -2.21. The Kier molecular flexibility index (Phi) is 8.57. The van der Waals surface area contributed by atoms with E-state index in [1.54, 1.807) is 19.2 Å². The van der Waals surface area contributed by atoms with Crippen molar-refractivity contribution < 1.29 is 23.0 Å². The number of nitrogens with one attached hydrogen (secondary N) is 1. The van der Waals surface area contributed by atoms with Gasteiger partial charge in [0.05, 0.1) is 13.7 Å². The van der Waals surface area contributed by atoms with E-state index >= 15 is 0 Å². The summed E-state index contributed by atoms with van der Waals surface area (Å²) in [5.74, 6) is 1.74. The van der Waals surface area contributed by atoms with E-state index in [1.807, 2.05) is 13.0 Å². The number of rotatable bonds is 9. The molecule has 0 amide bonds. The van der Waals surface area contributed by atoms with Crippen LogP contribution in [0, 0.1) is 5.92 Å². The molecule has 0 saturated carbocycles. The van der Waals surface area contributed by atoms with Crippen LogP contribution in [0.5, 0.6) is 11.5 Å². The fourth-order valence-corrected chi connectivity index (χ4v) is 3.18. The molecule has 0 radical (unpaired) electrons. The minimum atomic E-state index is -2.89. The summed E-state index contributed by atoms with van der Waals surface area (Å²) < 4.78 is 39.9. The van der Waals surface area contributed by atoms with Crippen molar-refractivity contribution in [1.29, 1.82) is 0 Å². The zero-order chi connectivity index (χ0) is 19.6. The average Bonchev–Trinajstić information content (AvgIpc) is 3.09. The maximum atomic E-state index is 12.5. The van der Waals surface area contributed by atoms with Gasteiger partial charge in [-0.25, -0.2) is 0 Å². The summed E-state index contributed by atoms with van der Waals surface area (Å²) in [5, 5.41) is 3.32. The molecule has 6 nitrogen and oxygen atoms in total. The molecule has 1 aliphatic heterocycles. The maximum absolute atomic E-state index is 12.5. The average molecular weight is 385 g/mol. The van der Waals surface area contributed by atoms with Crippen LogP contribution in [0.25, 0.3) is 0 Å². The third kappa shape index (κ3) is 6.53. The van der Waals surface area contributed by atoms with E-state index in [-0.39, 0.29) is 11.5 Å². The molecule has 1 aromatic carbocycles. The molecule has 152 valence electrons. The smallest absolute Gasteiger partial charge is 0.387 e. The molecule has 0 aromatic heterocycles. The van der Waals surface area contributed by atoms with Gasteiger partial charge in [0.15, 0.2) is 17.5 Å². The first kappa shape index (κ1) is 21.2. The van der Waals surface area contributed by atoms with E-state index in [1.165, 1.54) is 7.11 Å². The van der Waals surface area contributed by atoms with Crippen LogP contribution in [0.4, 0.5) is 8.78 Å². The predicted octanol–water partition coefficient (Wildman–Crippen LogP) is 2.77. The molecule has 1 aromatic rings. The normalized spacial score (nSPS) is 17.5. The number of guanidine groups is 1. The van der Waals surface area contributed by atoms with Crippen LogP contribution in [0.3, 0.4) is 0 Å². The van der Waals surface area contributed by atoms with Crippen molar-refractivity contribution in [3.05, 3.63) is 23.8 Å². The molecular weight excluding hydrogens is 356 g/mol. The summed E-state index contributed by atoms with van der Waals surface area (Å²) in [6.45, 7) is 3.13. The number of aliphatic imine (C=N–C) groups is 1. The molecule has 8 heteroatoms. The maximum Gasteiger partial charge on any atom is 0.387 e. The first-order valence-corrected chi connectivity index (χ1v) is 9.21. The highest BCUT2D eigenvalue weighted by Gasteiger charge is 2.24. The second kappa shape index (κ2) is 10.9. The van der Waals surface area contributed by atoms with E-state index in [0.717, 1.165) is 44.2 Å². The van der Waals surface area contributed by atoms with Crippen molar-refractivity contribution in [3.8, 4) is 11.5 Å². The van der Waals surface area contributed by atoms with Crippen molar-refractivity contribution in [3.63, 3.8) is 0 Å². The molecule has 2 rings (SSSR count). The minimum absolute atomic E-state index is 0.0443. The topological polar surface area (TPSA) is 55.3 Å². The van der Waals surface area contributed by atoms with Crippen LogP contribution in [-0.4, -0.2) is 64.5 Å². The van der Waals surface area contributed by atoms with Gasteiger partial charge in [-0.3, -0.25) is 4.99 Å². The molecule has 1 saturated heterocycles. The van der Waals surface area contributed by atoms with Gasteiger partial charge in [-0.05, 0) is 37.5 Å². The first-order valence-electron chi connectivity index (χ1n) is 9.21. The van der Waals surface area contributed by atoms with Crippen molar-refractivity contribution in [2.45, 2.75) is 26.4 Å². The Hall–Kier alpha value is -2.09. The largest absolute Gasteiger partial charge is 0.493 e. The molecule has 27 heavy (non-hydrogen) atoms. The van der Waals surface area contributed by atoms with Crippen LogP contribution in [0.2, 0.25) is 0 Å². The van der Waals surface area contributed by atoms with Crippen LogP contribution in [-0.2, 0) is 11.2 Å². The summed E-state index contributed by atoms with van der Waals surface area (Å²) in [7, 11) is 3.15. The van der Waals surface area contributed by atoms with Crippen LogP contribution in [0.1, 0.15) is 18.9 Å². The van der Waals surface area contributed by atoms with Gasteiger partial charge in [-0.2, -0.15) is 8.78 Å². The SMILES string of the molecule is CCNC(=NCCc1ccc(OC)c(OC(F)F)c1)N1CCC(COC)C1. The molecule has 1 aliphatic rings. The Morgan fingerprint density at radius 1 is 1.33 bits per heavy atom. The summed E-state index contributed by atoms with van der Waals surface area (Å²) in [5.41, 5.74) is 0.865. The summed E-state index contributed by atoms with van der Waals surface area (Å²) in [4.78, 5) is 6.93. The highest BCUT2D eigenvalue weighted by atomic mass is 19.3. The lowest BCUT2D eigenvalue weighted by Crippen LogP contribution is -2.40. The number of hydrogen-bond acceptors (Lipinski definition) is 4. The standard InChI is InChI=1S/C19H29F2N3O3/c1-4-22-19(24-10-8-15(12-24)13-25-2)23-9-7-14-5-6-16(26-3)17(11-14)27-18(20)21/h5-6,11,15,18H,4,7-10,12-13H2,1-3H3,(H,22,23). The van der Waals surface area contributed by atoms with Crippen molar-refractivity contribution in [2.24, 2.45) is 10.9 Å². The molecular formula is C19H29F2N3O3. The van der Waals surface area contributed by atoms with Crippen molar-refractivity contribution in [2.75, 3.05) is 47.0 Å². The molecule has 1 fully saturated rings. The van der Waals surface area contributed by atoms with E-state index < -0.39 is 6.61 Å². The summed E-state index contributed by atoms with van der Waals surface area (Å²) in [6.07, 6.45) is 1.71. The van der Waals surface area contributed by atoms with Gasteiger partial charge in [0.25, 0.3) is 0 Å². The number of halogens is 2. The molecule has 0 bridgehead atoms. The van der Waals surface area contributed by atoms with Gasteiger partial charge in [0, 0.05) is 39.2 Å². The fraction of sp³-hybridized carbons (Fsp3) is 0.632. The van der Waals surface area contributed by atoms with Crippen LogP contribution < -0.4 is 14.8 Å².